The fourth-order valence-electron chi connectivity index (χ4n) is 3.70. The first kappa shape index (κ1) is 15.8. The maximum absolute atomic E-state index is 12.5. The summed E-state index contributed by atoms with van der Waals surface area (Å²) in [6, 6.07) is 15.8. The second kappa shape index (κ2) is 6.69. The number of para-hydroxylation sites is 2. The normalized spacial score (nSPS) is 20.0. The number of benzene rings is 2. The molecule has 0 radical (unpaired) electrons. The molecule has 0 spiro atoms. The molecule has 2 aromatic carbocycles. The summed E-state index contributed by atoms with van der Waals surface area (Å²) in [6.45, 7) is 0.586. The number of hydrogen-bond acceptors (Lipinski definition) is 3. The van der Waals surface area contributed by atoms with E-state index >= 15 is 0 Å². The number of imidazole rings is 1. The molecule has 1 aromatic heterocycles. The van der Waals surface area contributed by atoms with Gasteiger partial charge in [0.15, 0.2) is 0 Å². The Morgan fingerprint density at radius 1 is 1.16 bits per heavy atom. The number of nitrogens with two attached hydrogens (primary N) is 1. The van der Waals surface area contributed by atoms with Crippen LogP contribution in [0.15, 0.2) is 48.5 Å². The maximum Gasteiger partial charge on any atom is 0.227 e. The summed E-state index contributed by atoms with van der Waals surface area (Å²) in [6.07, 6.45) is 3.08. The predicted octanol–water partition coefficient (Wildman–Crippen LogP) is 3.54. The van der Waals surface area contributed by atoms with E-state index < -0.39 is 0 Å². The van der Waals surface area contributed by atoms with Gasteiger partial charge in [0.25, 0.3) is 0 Å². The highest BCUT2D eigenvalue weighted by Crippen LogP contribution is 2.32. The van der Waals surface area contributed by atoms with E-state index in [1.54, 1.807) is 0 Å². The lowest BCUT2D eigenvalue weighted by atomic mass is 9.95. The van der Waals surface area contributed by atoms with Crippen molar-refractivity contribution in [3.8, 4) is 11.4 Å². The van der Waals surface area contributed by atoms with E-state index in [0.717, 1.165) is 47.4 Å². The van der Waals surface area contributed by atoms with Crippen LogP contribution in [0.25, 0.3) is 22.4 Å². The van der Waals surface area contributed by atoms with E-state index in [9.17, 15) is 4.79 Å². The molecule has 128 valence electrons. The second-order valence-electron chi connectivity index (χ2n) is 6.70. The van der Waals surface area contributed by atoms with Gasteiger partial charge < -0.3 is 16.0 Å². The molecule has 25 heavy (non-hydrogen) atoms. The van der Waals surface area contributed by atoms with Gasteiger partial charge in [0.1, 0.15) is 5.82 Å². The Balaban J connectivity index is 1.49. The number of hydrogen-bond donors (Lipinski definition) is 3. The fraction of sp³-hybridized carbons (Fsp3) is 0.300. The number of fused-ring (bicyclic) bond motifs is 1. The van der Waals surface area contributed by atoms with Crippen LogP contribution in [-0.2, 0) is 4.79 Å². The van der Waals surface area contributed by atoms with Gasteiger partial charge in [0, 0.05) is 17.2 Å². The van der Waals surface area contributed by atoms with E-state index in [-0.39, 0.29) is 11.8 Å². The smallest absolute Gasteiger partial charge is 0.227 e. The van der Waals surface area contributed by atoms with Gasteiger partial charge in [-0.05, 0) is 61.7 Å². The van der Waals surface area contributed by atoms with Crippen LogP contribution in [0.3, 0.4) is 0 Å². The van der Waals surface area contributed by atoms with Gasteiger partial charge >= 0.3 is 0 Å². The third-order valence-electron chi connectivity index (χ3n) is 5.11. The number of carbonyl (C=O) groups excluding carboxylic acids is 1. The molecule has 1 aliphatic carbocycles. The van der Waals surface area contributed by atoms with Gasteiger partial charge in [-0.1, -0.05) is 18.6 Å². The summed E-state index contributed by atoms with van der Waals surface area (Å²) < 4.78 is 0. The van der Waals surface area contributed by atoms with Crippen molar-refractivity contribution in [2.45, 2.75) is 19.3 Å². The molecule has 1 saturated carbocycles. The van der Waals surface area contributed by atoms with Crippen molar-refractivity contribution < 1.29 is 4.79 Å². The van der Waals surface area contributed by atoms with E-state index in [1.807, 2.05) is 48.5 Å². The maximum atomic E-state index is 12.5. The Morgan fingerprint density at radius 2 is 1.96 bits per heavy atom. The largest absolute Gasteiger partial charge is 0.338 e. The van der Waals surface area contributed by atoms with Crippen LogP contribution < -0.4 is 11.1 Å². The minimum absolute atomic E-state index is 0.0417. The van der Waals surface area contributed by atoms with Crippen LogP contribution in [0.4, 0.5) is 5.69 Å². The van der Waals surface area contributed by atoms with Gasteiger partial charge in [-0.3, -0.25) is 4.79 Å². The monoisotopic (exact) mass is 334 g/mol. The second-order valence-corrected chi connectivity index (χ2v) is 6.70. The van der Waals surface area contributed by atoms with Crippen LogP contribution in [0.2, 0.25) is 0 Å². The third kappa shape index (κ3) is 3.15. The molecule has 5 nitrogen and oxygen atoms in total. The van der Waals surface area contributed by atoms with Gasteiger partial charge in [-0.2, -0.15) is 0 Å². The Kier molecular flexibility index (Phi) is 4.24. The standard InChI is InChI=1S/C20H22N4O/c21-12-14-4-3-5-16(14)20(25)22-15-10-8-13(9-11-15)19-23-17-6-1-2-7-18(17)24-19/h1-2,6-11,14,16H,3-5,12,21H2,(H,22,25)(H,23,24)/t14-,16-/m1/s1. The number of amides is 1. The highest BCUT2D eigenvalue weighted by atomic mass is 16.1. The number of anilines is 1. The molecule has 4 rings (SSSR count). The molecule has 1 amide bonds. The lowest BCUT2D eigenvalue weighted by Gasteiger charge is -2.17. The molecular weight excluding hydrogens is 312 g/mol. The van der Waals surface area contributed by atoms with Crippen molar-refractivity contribution in [2.24, 2.45) is 17.6 Å². The Hall–Kier alpha value is -2.66. The highest BCUT2D eigenvalue weighted by Gasteiger charge is 2.31. The summed E-state index contributed by atoms with van der Waals surface area (Å²) in [7, 11) is 0. The third-order valence-corrected chi connectivity index (χ3v) is 5.11. The van der Waals surface area contributed by atoms with E-state index in [2.05, 4.69) is 15.3 Å². The quantitative estimate of drug-likeness (QED) is 0.682. The molecule has 0 unspecified atom stereocenters. The molecule has 1 heterocycles. The van der Waals surface area contributed by atoms with E-state index in [4.69, 9.17) is 5.73 Å². The van der Waals surface area contributed by atoms with Gasteiger partial charge in [-0.25, -0.2) is 4.98 Å². The average molecular weight is 334 g/mol. The zero-order valence-corrected chi connectivity index (χ0v) is 14.0. The minimum Gasteiger partial charge on any atom is -0.338 e. The topological polar surface area (TPSA) is 83.8 Å². The molecule has 0 saturated heterocycles. The van der Waals surface area contributed by atoms with Crippen LogP contribution >= 0.6 is 0 Å². The summed E-state index contributed by atoms with van der Waals surface area (Å²) in [5.41, 5.74) is 9.55. The van der Waals surface area contributed by atoms with Crippen molar-refractivity contribution >= 4 is 22.6 Å². The molecule has 1 aliphatic rings. The predicted molar refractivity (Wildman–Crippen MR) is 100 cm³/mol. The first-order valence-electron chi connectivity index (χ1n) is 8.81. The number of nitrogens with zero attached hydrogens (tertiary/aromatic N) is 1. The molecular formula is C20H22N4O. The van der Waals surface area contributed by atoms with Gasteiger partial charge in [-0.15, -0.1) is 0 Å². The summed E-state index contributed by atoms with van der Waals surface area (Å²) in [5, 5.41) is 3.03. The summed E-state index contributed by atoms with van der Waals surface area (Å²) >= 11 is 0. The Labute approximate surface area is 146 Å². The van der Waals surface area contributed by atoms with Gasteiger partial charge in [0.05, 0.1) is 11.0 Å². The number of H-pyrrole nitrogens is 1. The molecule has 0 aliphatic heterocycles. The Morgan fingerprint density at radius 3 is 2.72 bits per heavy atom. The zero-order valence-electron chi connectivity index (χ0n) is 14.0. The molecule has 2 atom stereocenters. The van der Waals surface area contributed by atoms with Crippen LogP contribution in [-0.4, -0.2) is 22.4 Å². The number of nitrogens with one attached hydrogen (secondary N) is 2. The number of carbonyl (C=O) groups is 1. The van der Waals surface area contributed by atoms with Crippen molar-refractivity contribution in [3.05, 3.63) is 48.5 Å². The zero-order chi connectivity index (χ0) is 17.2. The molecule has 5 heteroatoms. The summed E-state index contributed by atoms with van der Waals surface area (Å²) in [4.78, 5) is 20.4. The molecule has 3 aromatic rings. The fourth-order valence-corrected chi connectivity index (χ4v) is 3.70. The average Bonchev–Trinajstić information content (AvgIpc) is 3.28. The number of rotatable bonds is 4. The van der Waals surface area contributed by atoms with E-state index in [1.165, 1.54) is 0 Å². The van der Waals surface area contributed by atoms with Gasteiger partial charge in [0.2, 0.25) is 5.91 Å². The van der Waals surface area contributed by atoms with Crippen LogP contribution in [0, 0.1) is 11.8 Å². The van der Waals surface area contributed by atoms with E-state index in [0.29, 0.717) is 12.5 Å². The minimum atomic E-state index is 0.0417. The number of aromatic amines is 1. The van der Waals surface area contributed by atoms with Crippen molar-refractivity contribution in [1.82, 2.24) is 9.97 Å². The Bertz CT molecular complexity index is 851. The highest BCUT2D eigenvalue weighted by molar-refractivity contribution is 5.93. The van der Waals surface area contributed by atoms with Crippen LogP contribution in [0.1, 0.15) is 19.3 Å². The van der Waals surface area contributed by atoms with Crippen molar-refractivity contribution in [2.75, 3.05) is 11.9 Å². The first-order valence-corrected chi connectivity index (χ1v) is 8.81. The molecule has 4 N–H and O–H groups in total. The van der Waals surface area contributed by atoms with Crippen LogP contribution in [0.5, 0.6) is 0 Å². The molecule has 0 bridgehead atoms. The SMILES string of the molecule is NC[C@H]1CCC[C@H]1C(=O)Nc1ccc(-c2nc3ccccc3[nH]2)cc1. The van der Waals surface area contributed by atoms with Crippen molar-refractivity contribution in [3.63, 3.8) is 0 Å². The first-order chi connectivity index (χ1) is 12.2. The number of aromatic nitrogens is 2. The molecule has 1 fully saturated rings. The lowest BCUT2D eigenvalue weighted by Crippen LogP contribution is -2.29. The van der Waals surface area contributed by atoms with Crippen molar-refractivity contribution in [1.29, 1.82) is 0 Å². The lowest BCUT2D eigenvalue weighted by molar-refractivity contribution is -0.120. The summed E-state index contributed by atoms with van der Waals surface area (Å²) in [5.74, 6) is 1.28.